The first-order valence-electron chi connectivity index (χ1n) is 6.10. The van der Waals surface area contributed by atoms with Crippen molar-refractivity contribution < 1.29 is 4.79 Å². The highest BCUT2D eigenvalue weighted by atomic mass is 32.1. The summed E-state index contributed by atoms with van der Waals surface area (Å²) in [5.74, 6) is 0.190. The Balaban J connectivity index is 2.27. The molecule has 0 bridgehead atoms. The van der Waals surface area contributed by atoms with Crippen molar-refractivity contribution >= 4 is 34.2 Å². The van der Waals surface area contributed by atoms with Crippen LogP contribution in [0.25, 0.3) is 0 Å². The Kier molecular flexibility index (Phi) is 6.44. The van der Waals surface area contributed by atoms with E-state index in [1.54, 1.807) is 0 Å². The number of aliphatic imine (C=N–C) groups is 1. The molecule has 1 aromatic rings. The van der Waals surface area contributed by atoms with E-state index in [9.17, 15) is 4.79 Å². The first-order chi connectivity index (χ1) is 9.47. The molecule has 0 spiro atoms. The lowest BCUT2D eigenvalue weighted by atomic mass is 10.1. The van der Waals surface area contributed by atoms with E-state index < -0.39 is 0 Å². The summed E-state index contributed by atoms with van der Waals surface area (Å²) in [7, 11) is 0. The molecule has 1 heterocycles. The molecule has 0 aliphatic heterocycles. The molecule has 0 aromatic carbocycles. The number of amidine groups is 1. The van der Waals surface area contributed by atoms with Gasteiger partial charge in [-0.15, -0.1) is 11.3 Å². The summed E-state index contributed by atoms with van der Waals surface area (Å²) in [4.78, 5) is 18.8. The van der Waals surface area contributed by atoms with Gasteiger partial charge in [0.05, 0.1) is 5.69 Å². The van der Waals surface area contributed by atoms with Gasteiger partial charge in [-0.2, -0.15) is 10.1 Å². The van der Waals surface area contributed by atoms with Crippen LogP contribution in [0.3, 0.4) is 0 Å². The molecule has 0 radical (unpaired) electrons. The van der Waals surface area contributed by atoms with Crippen LogP contribution in [0.1, 0.15) is 31.9 Å². The number of aryl methyl sites for hydroxylation is 1. The van der Waals surface area contributed by atoms with E-state index in [2.05, 4.69) is 20.5 Å². The normalized spacial score (nSPS) is 11.2. The summed E-state index contributed by atoms with van der Waals surface area (Å²) in [5, 5.41) is 6.23. The molecule has 0 aliphatic rings. The molecule has 1 aromatic heterocycles. The van der Waals surface area contributed by atoms with Crippen molar-refractivity contribution in [3.05, 3.63) is 11.1 Å². The van der Waals surface area contributed by atoms with Crippen LogP contribution in [0.4, 0.5) is 5.13 Å². The molecule has 0 saturated heterocycles. The number of nitrogens with one attached hydrogen (secondary N) is 1. The lowest BCUT2D eigenvalue weighted by Gasteiger charge is -2.00. The van der Waals surface area contributed by atoms with Gasteiger partial charge < -0.3 is 17.2 Å². The van der Waals surface area contributed by atoms with Crippen LogP contribution >= 0.6 is 11.3 Å². The average Bonchev–Trinajstić information content (AvgIpc) is 2.79. The van der Waals surface area contributed by atoms with Crippen molar-refractivity contribution in [2.45, 2.75) is 32.6 Å². The van der Waals surface area contributed by atoms with E-state index in [0.717, 1.165) is 25.0 Å². The monoisotopic (exact) mass is 297 g/mol. The SMILES string of the molecule is CC(=O)NN=C(N)CCCCc1csc(N=C(N)N)n1. The number of hydrazone groups is 1. The van der Waals surface area contributed by atoms with Gasteiger partial charge in [-0.3, -0.25) is 4.79 Å². The lowest BCUT2D eigenvalue weighted by Crippen LogP contribution is -2.21. The maximum atomic E-state index is 10.6. The van der Waals surface area contributed by atoms with Gasteiger partial charge in [0, 0.05) is 18.7 Å². The summed E-state index contributed by atoms with van der Waals surface area (Å²) in [6.07, 6.45) is 3.24. The molecular weight excluding hydrogens is 278 g/mol. The fourth-order valence-electron chi connectivity index (χ4n) is 1.39. The van der Waals surface area contributed by atoms with E-state index >= 15 is 0 Å². The second kappa shape index (κ2) is 8.10. The van der Waals surface area contributed by atoms with Crippen LogP contribution in [0.5, 0.6) is 0 Å². The first kappa shape index (κ1) is 15.9. The Morgan fingerprint density at radius 1 is 1.40 bits per heavy atom. The van der Waals surface area contributed by atoms with Crippen molar-refractivity contribution in [3.63, 3.8) is 0 Å². The highest BCUT2D eigenvalue weighted by Crippen LogP contribution is 2.19. The Morgan fingerprint density at radius 2 is 2.15 bits per heavy atom. The number of carbonyl (C=O) groups is 1. The Bertz CT molecular complexity index is 505. The maximum Gasteiger partial charge on any atom is 0.236 e. The summed E-state index contributed by atoms with van der Waals surface area (Å²) in [6, 6.07) is 0. The van der Waals surface area contributed by atoms with Crippen molar-refractivity contribution in [2.75, 3.05) is 0 Å². The fourth-order valence-corrected chi connectivity index (χ4v) is 2.13. The summed E-state index contributed by atoms with van der Waals surface area (Å²) >= 11 is 1.40. The molecule has 0 atom stereocenters. The minimum Gasteiger partial charge on any atom is -0.386 e. The van der Waals surface area contributed by atoms with Gasteiger partial charge in [0.15, 0.2) is 5.96 Å². The predicted octanol–water partition coefficient (Wildman–Crippen LogP) is 0.169. The van der Waals surface area contributed by atoms with E-state index in [4.69, 9.17) is 17.2 Å². The number of carbonyl (C=O) groups excluding carboxylic acids is 1. The number of guanidine groups is 1. The van der Waals surface area contributed by atoms with Crippen LogP contribution in [-0.2, 0) is 11.2 Å². The molecule has 110 valence electrons. The number of hydrogen-bond acceptors (Lipinski definition) is 5. The Hall–Kier alpha value is -2.16. The number of hydrogen-bond donors (Lipinski definition) is 4. The van der Waals surface area contributed by atoms with Crippen molar-refractivity contribution in [1.29, 1.82) is 0 Å². The summed E-state index contributed by atoms with van der Waals surface area (Å²) < 4.78 is 0. The molecule has 20 heavy (non-hydrogen) atoms. The molecule has 1 rings (SSSR count). The van der Waals surface area contributed by atoms with Gasteiger partial charge in [-0.25, -0.2) is 10.4 Å². The Morgan fingerprint density at radius 3 is 2.80 bits per heavy atom. The zero-order chi connectivity index (χ0) is 15.0. The van der Waals surface area contributed by atoms with Crippen molar-refractivity contribution in [1.82, 2.24) is 10.4 Å². The van der Waals surface area contributed by atoms with E-state index in [0.29, 0.717) is 17.4 Å². The zero-order valence-electron chi connectivity index (χ0n) is 11.3. The smallest absolute Gasteiger partial charge is 0.236 e. The largest absolute Gasteiger partial charge is 0.386 e. The van der Waals surface area contributed by atoms with Crippen LogP contribution in [0, 0.1) is 0 Å². The number of rotatable bonds is 7. The second-order valence-electron chi connectivity index (χ2n) is 4.14. The van der Waals surface area contributed by atoms with Gasteiger partial charge in [-0.1, -0.05) is 0 Å². The molecule has 8 nitrogen and oxygen atoms in total. The predicted molar refractivity (Wildman–Crippen MR) is 80.6 cm³/mol. The zero-order valence-corrected chi connectivity index (χ0v) is 12.1. The highest BCUT2D eigenvalue weighted by Gasteiger charge is 2.02. The van der Waals surface area contributed by atoms with Crippen molar-refractivity contribution in [3.8, 4) is 0 Å². The van der Waals surface area contributed by atoms with E-state index in [1.165, 1.54) is 18.3 Å². The van der Waals surface area contributed by atoms with Crippen LogP contribution in [0.15, 0.2) is 15.5 Å². The number of thiazole rings is 1. The van der Waals surface area contributed by atoms with E-state index in [-0.39, 0.29) is 11.9 Å². The van der Waals surface area contributed by atoms with Gasteiger partial charge in [-0.05, 0) is 19.3 Å². The number of amides is 1. The van der Waals surface area contributed by atoms with Gasteiger partial charge in [0.2, 0.25) is 11.0 Å². The third-order valence-electron chi connectivity index (χ3n) is 2.24. The van der Waals surface area contributed by atoms with E-state index in [1.807, 2.05) is 5.38 Å². The first-order valence-corrected chi connectivity index (χ1v) is 6.98. The summed E-state index contributed by atoms with van der Waals surface area (Å²) in [5.41, 5.74) is 19.4. The number of unbranched alkanes of at least 4 members (excludes halogenated alkanes) is 1. The quantitative estimate of drug-likeness (QED) is 0.245. The molecule has 0 fully saturated rings. The third kappa shape index (κ3) is 6.69. The molecule has 7 N–H and O–H groups in total. The number of aromatic nitrogens is 1. The summed E-state index contributed by atoms with van der Waals surface area (Å²) in [6.45, 7) is 1.38. The Labute approximate surface area is 121 Å². The fraction of sp³-hybridized carbons (Fsp3) is 0.455. The van der Waals surface area contributed by atoms with Gasteiger partial charge in [0.1, 0.15) is 5.84 Å². The minimum atomic E-state index is -0.234. The molecule has 1 amide bonds. The molecule has 0 unspecified atom stereocenters. The molecule has 0 aliphatic carbocycles. The number of nitrogens with two attached hydrogens (primary N) is 3. The third-order valence-corrected chi connectivity index (χ3v) is 3.02. The van der Waals surface area contributed by atoms with Gasteiger partial charge >= 0.3 is 0 Å². The topological polar surface area (TPSA) is 145 Å². The average molecular weight is 297 g/mol. The van der Waals surface area contributed by atoms with Gasteiger partial charge in [0.25, 0.3) is 0 Å². The van der Waals surface area contributed by atoms with Crippen LogP contribution in [-0.4, -0.2) is 22.7 Å². The highest BCUT2D eigenvalue weighted by molar-refractivity contribution is 7.13. The van der Waals surface area contributed by atoms with Crippen molar-refractivity contribution in [2.24, 2.45) is 27.3 Å². The minimum absolute atomic E-state index is 0.00727. The molecule has 9 heteroatoms. The standard InChI is InChI=1S/C11H19N7OS/c1-7(19)17-18-9(12)5-3-2-4-8-6-20-11(15-8)16-10(13)14/h6H,2-5H2,1H3,(H2,12,18)(H,17,19)(H4,13,14,15,16). The lowest BCUT2D eigenvalue weighted by molar-refractivity contribution is -0.118. The molecule has 0 saturated carbocycles. The second-order valence-corrected chi connectivity index (χ2v) is 4.97. The van der Waals surface area contributed by atoms with Crippen LogP contribution in [0.2, 0.25) is 0 Å². The number of nitrogens with zero attached hydrogens (tertiary/aromatic N) is 3. The van der Waals surface area contributed by atoms with Crippen LogP contribution < -0.4 is 22.6 Å². The molecular formula is C11H19N7OS. The maximum absolute atomic E-state index is 10.6.